The van der Waals surface area contributed by atoms with Crippen LogP contribution in [-0.4, -0.2) is 31.1 Å². The first kappa shape index (κ1) is 6.11. The van der Waals surface area contributed by atoms with Crippen molar-refractivity contribution in [3.8, 4) is 0 Å². The van der Waals surface area contributed by atoms with E-state index in [1.54, 1.807) is 0 Å². The van der Waals surface area contributed by atoms with Crippen molar-refractivity contribution < 1.29 is 9.84 Å². The molecule has 1 rings (SSSR count). The SMILES string of the molecule is CC1C[B]C(CO)O1. The zero-order chi connectivity index (χ0) is 5.98. The average Bonchev–Trinajstić information content (AvgIpc) is 2.14. The molecule has 1 radical (unpaired) electrons. The molecule has 0 saturated carbocycles. The van der Waals surface area contributed by atoms with E-state index in [9.17, 15) is 0 Å². The van der Waals surface area contributed by atoms with Crippen molar-refractivity contribution in [3.63, 3.8) is 0 Å². The molecule has 1 fully saturated rings. The molecule has 0 spiro atoms. The first-order valence-corrected chi connectivity index (χ1v) is 2.92. The molecule has 0 bridgehead atoms. The average molecular weight is 113 g/mol. The van der Waals surface area contributed by atoms with E-state index in [1.807, 2.05) is 14.2 Å². The molecule has 8 heavy (non-hydrogen) atoms. The van der Waals surface area contributed by atoms with Gasteiger partial charge in [0.25, 0.3) is 0 Å². The van der Waals surface area contributed by atoms with Crippen LogP contribution in [0.2, 0.25) is 6.32 Å². The summed E-state index contributed by atoms with van der Waals surface area (Å²) in [5.41, 5.74) is 0. The first-order chi connectivity index (χ1) is 3.83. The van der Waals surface area contributed by atoms with Crippen LogP contribution in [0.4, 0.5) is 0 Å². The number of ether oxygens (including phenoxy) is 1. The Bertz CT molecular complexity index is 76.8. The third-order valence-corrected chi connectivity index (χ3v) is 1.32. The fraction of sp³-hybridized carbons (Fsp3) is 1.00. The molecular weight excluding hydrogens is 103 g/mol. The third-order valence-electron chi connectivity index (χ3n) is 1.32. The zero-order valence-corrected chi connectivity index (χ0v) is 5.00. The van der Waals surface area contributed by atoms with E-state index in [-0.39, 0.29) is 12.6 Å². The van der Waals surface area contributed by atoms with Crippen LogP contribution in [0.5, 0.6) is 0 Å². The topological polar surface area (TPSA) is 29.5 Å². The van der Waals surface area contributed by atoms with Crippen LogP contribution < -0.4 is 0 Å². The van der Waals surface area contributed by atoms with Crippen molar-refractivity contribution >= 4 is 7.28 Å². The smallest absolute Gasteiger partial charge is 0.155 e. The molecule has 1 heterocycles. The van der Waals surface area contributed by atoms with Gasteiger partial charge >= 0.3 is 0 Å². The Hall–Kier alpha value is -0.0151. The monoisotopic (exact) mass is 113 g/mol. The van der Waals surface area contributed by atoms with Gasteiger partial charge in [-0.2, -0.15) is 0 Å². The van der Waals surface area contributed by atoms with Crippen molar-refractivity contribution in [2.75, 3.05) is 6.61 Å². The summed E-state index contributed by atoms with van der Waals surface area (Å²) in [7, 11) is 2.00. The highest BCUT2D eigenvalue weighted by Crippen LogP contribution is 2.11. The molecule has 0 amide bonds. The molecular formula is C5H10BO2. The maximum atomic E-state index is 8.53. The number of aliphatic hydroxyl groups is 1. The second-order valence-corrected chi connectivity index (χ2v) is 2.14. The highest BCUT2D eigenvalue weighted by atomic mass is 16.5. The molecule has 2 unspecified atom stereocenters. The van der Waals surface area contributed by atoms with Crippen LogP contribution in [0.1, 0.15) is 6.92 Å². The van der Waals surface area contributed by atoms with Crippen LogP contribution in [0.15, 0.2) is 0 Å². The van der Waals surface area contributed by atoms with Gasteiger partial charge in [0.2, 0.25) is 0 Å². The van der Waals surface area contributed by atoms with E-state index < -0.39 is 0 Å². The Morgan fingerprint density at radius 2 is 2.62 bits per heavy atom. The van der Waals surface area contributed by atoms with E-state index in [0.717, 1.165) is 6.32 Å². The van der Waals surface area contributed by atoms with E-state index in [1.165, 1.54) is 0 Å². The lowest BCUT2D eigenvalue weighted by Crippen LogP contribution is -2.17. The summed E-state index contributed by atoms with van der Waals surface area (Å²) in [6, 6.07) is 0.00463. The molecule has 45 valence electrons. The van der Waals surface area contributed by atoms with Gasteiger partial charge in [-0.3, -0.25) is 0 Å². The van der Waals surface area contributed by atoms with Gasteiger partial charge in [0.15, 0.2) is 7.28 Å². The highest BCUT2D eigenvalue weighted by molar-refractivity contribution is 6.38. The van der Waals surface area contributed by atoms with Crippen molar-refractivity contribution in [1.29, 1.82) is 0 Å². The Balaban J connectivity index is 2.22. The van der Waals surface area contributed by atoms with Gasteiger partial charge in [-0.05, 0) is 6.92 Å². The predicted molar refractivity (Wildman–Crippen MR) is 32.0 cm³/mol. The molecule has 1 aliphatic rings. The quantitative estimate of drug-likeness (QED) is 0.479. The molecule has 3 heteroatoms. The van der Waals surface area contributed by atoms with Gasteiger partial charge in [-0.15, -0.1) is 0 Å². The van der Waals surface area contributed by atoms with Crippen molar-refractivity contribution in [2.24, 2.45) is 0 Å². The minimum atomic E-state index is 0.00463. The van der Waals surface area contributed by atoms with Crippen LogP contribution in [0.25, 0.3) is 0 Å². The van der Waals surface area contributed by atoms with E-state index in [2.05, 4.69) is 0 Å². The Kier molecular flexibility index (Phi) is 1.92. The zero-order valence-electron chi connectivity index (χ0n) is 5.00. The highest BCUT2D eigenvalue weighted by Gasteiger charge is 2.21. The summed E-state index contributed by atoms with van der Waals surface area (Å²) in [4.78, 5) is 0. The van der Waals surface area contributed by atoms with E-state index in [4.69, 9.17) is 9.84 Å². The van der Waals surface area contributed by atoms with Gasteiger partial charge < -0.3 is 9.84 Å². The lowest BCUT2D eigenvalue weighted by Gasteiger charge is -2.05. The summed E-state index contributed by atoms with van der Waals surface area (Å²) in [6.07, 6.45) is 1.29. The molecule has 1 aliphatic heterocycles. The largest absolute Gasteiger partial charge is 0.394 e. The van der Waals surface area contributed by atoms with Crippen LogP contribution in [0.3, 0.4) is 0 Å². The van der Waals surface area contributed by atoms with Crippen LogP contribution in [-0.2, 0) is 4.74 Å². The Morgan fingerprint density at radius 1 is 1.88 bits per heavy atom. The molecule has 1 saturated heterocycles. The van der Waals surface area contributed by atoms with E-state index in [0.29, 0.717) is 6.10 Å². The summed E-state index contributed by atoms with van der Waals surface area (Å²) < 4.78 is 5.20. The molecule has 0 aromatic carbocycles. The number of rotatable bonds is 1. The molecule has 2 atom stereocenters. The molecule has 2 nitrogen and oxygen atoms in total. The van der Waals surface area contributed by atoms with Gasteiger partial charge in [0.1, 0.15) is 0 Å². The standard InChI is InChI=1S/C5H10BO2/c1-4-2-6-5(3-7)8-4/h4-5,7H,2-3H2,1H3. The van der Waals surface area contributed by atoms with Gasteiger partial charge in [-0.1, -0.05) is 6.32 Å². The molecule has 0 aliphatic carbocycles. The maximum absolute atomic E-state index is 8.53. The van der Waals surface area contributed by atoms with Gasteiger partial charge in [-0.25, -0.2) is 0 Å². The lowest BCUT2D eigenvalue weighted by atomic mass is 9.70. The molecule has 0 aromatic rings. The number of hydrogen-bond acceptors (Lipinski definition) is 2. The summed E-state index contributed by atoms with van der Waals surface area (Å²) in [5.74, 6) is 0. The predicted octanol–water partition coefficient (Wildman–Crippen LogP) is -0.154. The summed E-state index contributed by atoms with van der Waals surface area (Å²) in [5, 5.41) is 8.53. The van der Waals surface area contributed by atoms with Gasteiger partial charge in [0.05, 0.1) is 6.61 Å². The Morgan fingerprint density at radius 3 is 2.88 bits per heavy atom. The second-order valence-electron chi connectivity index (χ2n) is 2.14. The first-order valence-electron chi connectivity index (χ1n) is 2.92. The van der Waals surface area contributed by atoms with E-state index >= 15 is 0 Å². The van der Waals surface area contributed by atoms with Crippen molar-refractivity contribution in [2.45, 2.75) is 25.4 Å². The van der Waals surface area contributed by atoms with Gasteiger partial charge in [0, 0.05) is 12.1 Å². The second kappa shape index (κ2) is 2.51. The number of aliphatic hydroxyl groups excluding tert-OH is 1. The molecule has 1 N–H and O–H groups in total. The Labute approximate surface area is 50.1 Å². The summed E-state index contributed by atoms with van der Waals surface area (Å²) >= 11 is 0. The van der Waals surface area contributed by atoms with Crippen molar-refractivity contribution in [1.82, 2.24) is 0 Å². The minimum Gasteiger partial charge on any atom is -0.394 e. The fourth-order valence-corrected chi connectivity index (χ4v) is 0.870. The van der Waals surface area contributed by atoms with Crippen molar-refractivity contribution in [3.05, 3.63) is 0 Å². The summed E-state index contributed by atoms with van der Waals surface area (Å²) in [6.45, 7) is 2.14. The fourth-order valence-electron chi connectivity index (χ4n) is 0.870. The third kappa shape index (κ3) is 1.23. The minimum absolute atomic E-state index is 0.00463. The normalized spacial score (nSPS) is 37.2. The number of hydrogen-bond donors (Lipinski definition) is 1. The molecule has 0 aromatic heterocycles. The van der Waals surface area contributed by atoms with Crippen LogP contribution in [0, 0.1) is 0 Å². The van der Waals surface area contributed by atoms with Crippen LogP contribution >= 0.6 is 0 Å². The maximum Gasteiger partial charge on any atom is 0.155 e. The lowest BCUT2D eigenvalue weighted by molar-refractivity contribution is 0.0409.